The molecule has 0 atom stereocenters. The summed E-state index contributed by atoms with van der Waals surface area (Å²) in [6, 6.07) is 8.12. The Morgan fingerprint density at radius 3 is 2.04 bits per heavy atom. The van der Waals surface area contributed by atoms with E-state index in [0.29, 0.717) is 0 Å². The molecule has 136 valence electrons. The molecule has 5 rings (SSSR count). The molecule has 0 aliphatic heterocycles. The lowest BCUT2D eigenvalue weighted by atomic mass is 9.53. The van der Waals surface area contributed by atoms with Crippen molar-refractivity contribution in [2.24, 2.45) is 17.8 Å². The van der Waals surface area contributed by atoms with E-state index in [1.807, 2.05) is 12.1 Å². The topological polar surface area (TPSA) is 38.3 Å². The maximum atomic E-state index is 12.5. The second-order valence-corrected chi connectivity index (χ2v) is 9.81. The van der Waals surface area contributed by atoms with Crippen LogP contribution < -0.4 is 10.1 Å². The van der Waals surface area contributed by atoms with Gasteiger partial charge in [0.15, 0.2) is 6.61 Å². The Morgan fingerprint density at radius 1 is 1.04 bits per heavy atom. The van der Waals surface area contributed by atoms with Crippen LogP contribution in [-0.2, 0) is 10.2 Å². The van der Waals surface area contributed by atoms with Gasteiger partial charge in [-0.2, -0.15) is 0 Å². The Morgan fingerprint density at radius 2 is 1.56 bits per heavy atom. The number of ether oxygens (including phenoxy) is 1. The first-order chi connectivity index (χ1) is 11.8. The van der Waals surface area contributed by atoms with Gasteiger partial charge in [0.1, 0.15) is 5.75 Å². The van der Waals surface area contributed by atoms with Crippen molar-refractivity contribution in [2.45, 2.75) is 70.3 Å². The summed E-state index contributed by atoms with van der Waals surface area (Å²) in [4.78, 5) is 12.5. The number of carbonyl (C=O) groups excluding carboxylic acids is 1. The molecule has 0 saturated heterocycles. The zero-order chi connectivity index (χ0) is 17.7. The normalized spacial score (nSPS) is 33.3. The molecule has 1 amide bonds. The van der Waals surface area contributed by atoms with Crippen molar-refractivity contribution in [1.82, 2.24) is 5.32 Å². The number of carbonyl (C=O) groups is 1. The summed E-state index contributed by atoms with van der Waals surface area (Å²) in [7, 11) is 0. The van der Waals surface area contributed by atoms with E-state index in [-0.39, 0.29) is 23.5 Å². The molecular formula is C22H31NO2. The minimum atomic E-state index is 0.0434. The summed E-state index contributed by atoms with van der Waals surface area (Å²) >= 11 is 0. The van der Waals surface area contributed by atoms with E-state index in [1.54, 1.807) is 0 Å². The molecule has 4 bridgehead atoms. The molecule has 4 saturated carbocycles. The average molecular weight is 341 g/mol. The lowest BCUT2D eigenvalue weighted by Gasteiger charge is -2.56. The summed E-state index contributed by atoms with van der Waals surface area (Å²) in [6.07, 6.45) is 7.74. The fraction of sp³-hybridized carbons (Fsp3) is 0.682. The lowest BCUT2D eigenvalue weighted by molar-refractivity contribution is -0.128. The fourth-order valence-electron chi connectivity index (χ4n) is 5.80. The summed E-state index contributed by atoms with van der Waals surface area (Å²) in [5, 5.41) is 3.37. The zero-order valence-corrected chi connectivity index (χ0v) is 15.8. The molecule has 3 nitrogen and oxygen atoms in total. The van der Waals surface area contributed by atoms with Crippen LogP contribution >= 0.6 is 0 Å². The van der Waals surface area contributed by atoms with Crippen LogP contribution in [0, 0.1) is 17.8 Å². The molecule has 25 heavy (non-hydrogen) atoms. The quantitative estimate of drug-likeness (QED) is 0.879. The molecule has 0 radical (unpaired) electrons. The molecule has 4 aliphatic rings. The van der Waals surface area contributed by atoms with E-state index in [1.165, 1.54) is 44.1 Å². The maximum absolute atomic E-state index is 12.5. The van der Waals surface area contributed by atoms with Crippen molar-refractivity contribution < 1.29 is 9.53 Å². The third kappa shape index (κ3) is 3.56. The minimum absolute atomic E-state index is 0.0434. The molecule has 4 aliphatic carbocycles. The van der Waals surface area contributed by atoms with Gasteiger partial charge < -0.3 is 10.1 Å². The van der Waals surface area contributed by atoms with Crippen molar-refractivity contribution in [3.8, 4) is 5.75 Å². The first-order valence-electron chi connectivity index (χ1n) is 9.86. The summed E-state index contributed by atoms with van der Waals surface area (Å²) in [5.74, 6) is 3.35. The van der Waals surface area contributed by atoms with Crippen LogP contribution in [0.3, 0.4) is 0 Å². The number of nitrogens with one attached hydrogen (secondary N) is 1. The number of benzene rings is 1. The van der Waals surface area contributed by atoms with Crippen LogP contribution in [0.5, 0.6) is 5.75 Å². The van der Waals surface area contributed by atoms with Gasteiger partial charge in [-0.3, -0.25) is 4.79 Å². The van der Waals surface area contributed by atoms with E-state index in [2.05, 4.69) is 38.2 Å². The van der Waals surface area contributed by atoms with E-state index in [9.17, 15) is 4.79 Å². The van der Waals surface area contributed by atoms with Gasteiger partial charge in [0.05, 0.1) is 0 Å². The number of hydrogen-bond donors (Lipinski definition) is 1. The van der Waals surface area contributed by atoms with Crippen LogP contribution in [0.1, 0.15) is 64.9 Å². The molecule has 1 aromatic rings. The SMILES string of the molecule is CC(C)(C)c1ccc(OCC(=O)NC23CC4CC(CC(C4)C2)C3)cc1. The van der Waals surface area contributed by atoms with E-state index < -0.39 is 0 Å². The Bertz CT molecular complexity index is 606. The molecule has 0 aromatic heterocycles. The summed E-state index contributed by atoms with van der Waals surface area (Å²) in [6.45, 7) is 6.71. The fourth-order valence-corrected chi connectivity index (χ4v) is 5.80. The lowest BCUT2D eigenvalue weighted by Crippen LogP contribution is -2.60. The standard InChI is InChI=1S/C22H31NO2/c1-21(2,3)18-4-6-19(7-5-18)25-14-20(24)23-22-11-15-8-16(12-22)10-17(9-15)13-22/h4-7,15-17H,8-14H2,1-3H3,(H,23,24). The smallest absolute Gasteiger partial charge is 0.258 e. The molecule has 1 aromatic carbocycles. The maximum Gasteiger partial charge on any atom is 0.258 e. The van der Waals surface area contributed by atoms with Crippen molar-refractivity contribution in [3.05, 3.63) is 29.8 Å². The average Bonchev–Trinajstić information content (AvgIpc) is 2.50. The van der Waals surface area contributed by atoms with Gasteiger partial charge in [0.2, 0.25) is 0 Å². The third-order valence-electron chi connectivity index (χ3n) is 6.53. The Hall–Kier alpha value is -1.51. The first kappa shape index (κ1) is 16.9. The van der Waals surface area contributed by atoms with Crippen molar-refractivity contribution in [2.75, 3.05) is 6.61 Å². The van der Waals surface area contributed by atoms with Gasteiger partial charge >= 0.3 is 0 Å². The van der Waals surface area contributed by atoms with Gasteiger partial charge in [0.25, 0.3) is 5.91 Å². The molecule has 3 heteroatoms. The Balaban J connectivity index is 1.32. The molecule has 1 N–H and O–H groups in total. The second kappa shape index (κ2) is 6.03. The minimum Gasteiger partial charge on any atom is -0.484 e. The van der Waals surface area contributed by atoms with Crippen LogP contribution in [0.4, 0.5) is 0 Å². The van der Waals surface area contributed by atoms with Gasteiger partial charge in [0, 0.05) is 5.54 Å². The summed E-state index contributed by atoms with van der Waals surface area (Å²) < 4.78 is 5.74. The van der Waals surface area contributed by atoms with Crippen molar-refractivity contribution in [1.29, 1.82) is 0 Å². The molecular weight excluding hydrogens is 310 g/mol. The third-order valence-corrected chi connectivity index (χ3v) is 6.53. The monoisotopic (exact) mass is 341 g/mol. The highest BCUT2D eigenvalue weighted by Gasteiger charge is 2.51. The Kier molecular flexibility index (Phi) is 4.09. The molecule has 0 spiro atoms. The highest BCUT2D eigenvalue weighted by atomic mass is 16.5. The first-order valence-corrected chi connectivity index (χ1v) is 9.86. The summed E-state index contributed by atoms with van der Waals surface area (Å²) in [5.41, 5.74) is 1.48. The highest BCUT2D eigenvalue weighted by Crippen LogP contribution is 2.55. The van der Waals surface area contributed by atoms with Crippen molar-refractivity contribution >= 4 is 5.91 Å². The van der Waals surface area contributed by atoms with E-state index in [4.69, 9.17) is 4.74 Å². The van der Waals surface area contributed by atoms with E-state index in [0.717, 1.165) is 23.5 Å². The number of hydrogen-bond acceptors (Lipinski definition) is 2. The van der Waals surface area contributed by atoms with E-state index >= 15 is 0 Å². The van der Waals surface area contributed by atoms with Gasteiger partial charge in [-0.25, -0.2) is 0 Å². The van der Waals surface area contributed by atoms with Crippen LogP contribution in [-0.4, -0.2) is 18.1 Å². The molecule has 0 heterocycles. The van der Waals surface area contributed by atoms with Crippen LogP contribution in [0.2, 0.25) is 0 Å². The number of rotatable bonds is 4. The van der Waals surface area contributed by atoms with Gasteiger partial charge in [-0.05, 0) is 79.4 Å². The van der Waals surface area contributed by atoms with Crippen LogP contribution in [0.15, 0.2) is 24.3 Å². The predicted octanol–water partition coefficient (Wildman–Crippen LogP) is 4.45. The molecule has 4 fully saturated rings. The second-order valence-electron chi connectivity index (χ2n) is 9.81. The van der Waals surface area contributed by atoms with Gasteiger partial charge in [-0.15, -0.1) is 0 Å². The highest BCUT2D eigenvalue weighted by molar-refractivity contribution is 5.78. The number of amides is 1. The Labute approximate surface area is 151 Å². The van der Waals surface area contributed by atoms with Gasteiger partial charge in [-0.1, -0.05) is 32.9 Å². The zero-order valence-electron chi connectivity index (χ0n) is 15.8. The van der Waals surface area contributed by atoms with Crippen molar-refractivity contribution in [3.63, 3.8) is 0 Å². The van der Waals surface area contributed by atoms with Crippen LogP contribution in [0.25, 0.3) is 0 Å². The predicted molar refractivity (Wildman–Crippen MR) is 99.7 cm³/mol. The largest absolute Gasteiger partial charge is 0.484 e. The molecule has 0 unspecified atom stereocenters.